The molecule has 6 heteroatoms. The Labute approximate surface area is 221 Å². The number of hydrogen-bond donors (Lipinski definition) is 0. The summed E-state index contributed by atoms with van der Waals surface area (Å²) in [6.45, 7) is 0. The van der Waals surface area contributed by atoms with Crippen LogP contribution in [-0.2, 0) is 0 Å². The summed E-state index contributed by atoms with van der Waals surface area (Å²) >= 11 is 0. The van der Waals surface area contributed by atoms with Gasteiger partial charge < -0.3 is 9.13 Å². The largest absolute Gasteiger partial charge is 0.306 e. The molecule has 6 rings (SSSR count). The average Bonchev–Trinajstić information content (AvgIpc) is 3.72. The van der Waals surface area contributed by atoms with Crippen molar-refractivity contribution < 1.29 is 4.98 Å². The molecule has 0 saturated carbocycles. The summed E-state index contributed by atoms with van der Waals surface area (Å²) in [6.07, 6.45) is 23.3. The molecule has 0 atom stereocenters. The van der Waals surface area contributed by atoms with Crippen LogP contribution in [0.3, 0.4) is 0 Å². The number of aromatic nitrogens is 6. The molecule has 0 amide bonds. The zero-order valence-electron chi connectivity index (χ0n) is 20.6. The third-order valence-electron chi connectivity index (χ3n) is 6.21. The predicted molar refractivity (Wildman–Crippen MR) is 151 cm³/mol. The van der Waals surface area contributed by atoms with Crippen LogP contribution >= 0.6 is 0 Å². The molecule has 182 valence electrons. The van der Waals surface area contributed by atoms with E-state index in [4.69, 9.17) is 0 Å². The van der Waals surface area contributed by atoms with Gasteiger partial charge in [0.25, 0.3) is 0 Å². The number of imidazole rings is 2. The van der Waals surface area contributed by atoms with Gasteiger partial charge in [-0.25, -0.2) is 19.9 Å². The van der Waals surface area contributed by atoms with Crippen LogP contribution in [0.25, 0.3) is 47.1 Å². The van der Waals surface area contributed by atoms with E-state index in [1.807, 2.05) is 40.0 Å². The van der Waals surface area contributed by atoms with Gasteiger partial charge in [-0.2, -0.15) is 0 Å². The predicted octanol–water partition coefficient (Wildman–Crippen LogP) is 6.27. The fourth-order valence-electron chi connectivity index (χ4n) is 4.16. The van der Waals surface area contributed by atoms with Gasteiger partial charge in [-0.1, -0.05) is 48.6 Å². The second kappa shape index (κ2) is 10.7. The van der Waals surface area contributed by atoms with Crippen molar-refractivity contribution >= 4 is 24.3 Å². The van der Waals surface area contributed by atoms with Crippen molar-refractivity contribution in [2.45, 2.75) is 0 Å². The first-order valence-corrected chi connectivity index (χ1v) is 12.3. The zero-order chi connectivity index (χ0) is 25.6. The third kappa shape index (κ3) is 5.39. The quantitative estimate of drug-likeness (QED) is 0.263. The van der Waals surface area contributed by atoms with Gasteiger partial charge in [0, 0.05) is 54.5 Å². The molecule has 38 heavy (non-hydrogen) atoms. The molecule has 0 aliphatic rings. The van der Waals surface area contributed by atoms with Crippen molar-refractivity contribution in [1.29, 1.82) is 0 Å². The van der Waals surface area contributed by atoms with E-state index in [1.54, 1.807) is 25.0 Å². The van der Waals surface area contributed by atoms with E-state index in [-0.39, 0.29) is 0 Å². The van der Waals surface area contributed by atoms with Crippen LogP contribution in [0.15, 0.2) is 123 Å². The summed E-state index contributed by atoms with van der Waals surface area (Å²) in [5.41, 5.74) is 8.46. The molecular formula is C32H25N6+. The molecule has 0 aliphatic heterocycles. The Morgan fingerprint density at radius 1 is 0.553 bits per heavy atom. The summed E-state index contributed by atoms with van der Waals surface area (Å²) in [5, 5.41) is 0. The molecule has 0 unspecified atom stereocenters. The maximum atomic E-state index is 4.59. The standard InChI is InChI=1S/C32H24N6/c1(25-5-9-29(10-6-25)37-19-17-33-23-37)3-27-13-15-35-31(21-27)32-22-28(14-16-36-32)4-2-26-7-11-30(12-8-26)38-20-18-34-24-38/h1-24H/p+1/b3-1+,4-2+. The Hall–Kier alpha value is -5.36. The topological polar surface area (TPSA) is 62.7 Å². The molecule has 0 aliphatic carbocycles. The van der Waals surface area contributed by atoms with E-state index in [0.717, 1.165) is 45.0 Å². The third-order valence-corrected chi connectivity index (χ3v) is 6.21. The lowest BCUT2D eigenvalue weighted by molar-refractivity contribution is -0.364. The van der Waals surface area contributed by atoms with E-state index in [0.29, 0.717) is 0 Å². The molecule has 0 fully saturated rings. The highest BCUT2D eigenvalue weighted by Crippen LogP contribution is 2.19. The van der Waals surface area contributed by atoms with Crippen molar-refractivity contribution in [1.82, 2.24) is 24.1 Å². The minimum absolute atomic E-state index is 0.891. The van der Waals surface area contributed by atoms with Crippen LogP contribution in [0.2, 0.25) is 0 Å². The summed E-state index contributed by atoms with van der Waals surface area (Å²) in [4.78, 5) is 16.1. The van der Waals surface area contributed by atoms with Crippen molar-refractivity contribution in [3.05, 3.63) is 145 Å². The molecule has 0 bridgehead atoms. The number of H-pyrrole nitrogens is 1. The summed E-state index contributed by atoms with van der Waals surface area (Å²) in [6, 6.07) is 25.0. The fraction of sp³-hybridized carbons (Fsp3) is 0. The Bertz CT molecular complexity index is 1550. The second-order valence-electron chi connectivity index (χ2n) is 8.80. The smallest absolute Gasteiger partial charge is 0.230 e. The van der Waals surface area contributed by atoms with Crippen LogP contribution in [0, 0.1) is 0 Å². The lowest BCUT2D eigenvalue weighted by Crippen LogP contribution is -2.06. The Morgan fingerprint density at radius 3 is 1.66 bits per heavy atom. The fourth-order valence-corrected chi connectivity index (χ4v) is 4.16. The van der Waals surface area contributed by atoms with Crippen LogP contribution in [0.4, 0.5) is 0 Å². The van der Waals surface area contributed by atoms with Gasteiger partial charge in [0.15, 0.2) is 6.20 Å². The molecule has 4 heterocycles. The normalized spacial score (nSPS) is 11.5. The molecular weight excluding hydrogens is 468 g/mol. The van der Waals surface area contributed by atoms with Crippen molar-refractivity contribution in [2.24, 2.45) is 0 Å². The Kier molecular flexibility index (Phi) is 6.51. The van der Waals surface area contributed by atoms with Gasteiger partial charge in [0.05, 0.1) is 12.7 Å². The minimum Gasteiger partial charge on any atom is -0.306 e. The molecule has 0 saturated heterocycles. The molecule has 6 aromatic rings. The number of nitrogens with zero attached hydrogens (tertiary/aromatic N) is 5. The number of aromatic amines is 1. The van der Waals surface area contributed by atoms with Crippen LogP contribution in [0.1, 0.15) is 22.3 Å². The SMILES string of the molecule is C(=C\c1ccnc(-c2cc(/C=C/c3ccc(-n4ccnc4)cc3)cc[nH+]2)c1)/c1ccc(-n2ccnc2)cc1. The first-order chi connectivity index (χ1) is 18.8. The van der Waals surface area contributed by atoms with Crippen molar-refractivity contribution in [3.8, 4) is 22.8 Å². The number of rotatable bonds is 7. The Morgan fingerprint density at radius 2 is 1.11 bits per heavy atom. The van der Waals surface area contributed by atoms with E-state index >= 15 is 0 Å². The van der Waals surface area contributed by atoms with E-state index in [1.165, 1.54) is 0 Å². The highest BCUT2D eigenvalue weighted by molar-refractivity contribution is 5.73. The lowest BCUT2D eigenvalue weighted by Gasteiger charge is -2.02. The van der Waals surface area contributed by atoms with Gasteiger partial charge >= 0.3 is 0 Å². The van der Waals surface area contributed by atoms with Gasteiger partial charge in [-0.05, 0) is 58.7 Å². The molecule has 1 N–H and O–H groups in total. The average molecular weight is 494 g/mol. The second-order valence-corrected chi connectivity index (χ2v) is 8.80. The summed E-state index contributed by atoms with van der Waals surface area (Å²) in [7, 11) is 0. The number of benzene rings is 2. The first-order valence-electron chi connectivity index (χ1n) is 12.3. The summed E-state index contributed by atoms with van der Waals surface area (Å²) < 4.78 is 3.98. The number of pyridine rings is 2. The summed E-state index contributed by atoms with van der Waals surface area (Å²) in [5.74, 6) is 0. The molecule has 4 aromatic heterocycles. The van der Waals surface area contributed by atoms with Crippen LogP contribution < -0.4 is 4.98 Å². The van der Waals surface area contributed by atoms with Crippen molar-refractivity contribution in [2.75, 3.05) is 0 Å². The highest BCUT2D eigenvalue weighted by Gasteiger charge is 2.08. The van der Waals surface area contributed by atoms with Crippen molar-refractivity contribution in [3.63, 3.8) is 0 Å². The molecule has 2 aromatic carbocycles. The Balaban J connectivity index is 1.15. The van der Waals surface area contributed by atoms with Crippen LogP contribution in [-0.4, -0.2) is 24.1 Å². The highest BCUT2D eigenvalue weighted by atomic mass is 15.0. The van der Waals surface area contributed by atoms with Gasteiger partial charge in [-0.15, -0.1) is 0 Å². The lowest BCUT2D eigenvalue weighted by atomic mass is 10.1. The van der Waals surface area contributed by atoms with E-state index < -0.39 is 0 Å². The zero-order valence-corrected chi connectivity index (χ0v) is 20.6. The number of nitrogens with one attached hydrogen (secondary N) is 1. The molecule has 6 nitrogen and oxygen atoms in total. The molecule has 0 radical (unpaired) electrons. The van der Waals surface area contributed by atoms with E-state index in [2.05, 4.69) is 111 Å². The monoisotopic (exact) mass is 493 g/mol. The van der Waals surface area contributed by atoms with E-state index in [9.17, 15) is 0 Å². The maximum Gasteiger partial charge on any atom is 0.230 e. The minimum atomic E-state index is 0.891. The maximum absolute atomic E-state index is 4.59. The number of hydrogen-bond acceptors (Lipinski definition) is 3. The van der Waals surface area contributed by atoms with Gasteiger partial charge in [0.2, 0.25) is 5.69 Å². The van der Waals surface area contributed by atoms with Crippen LogP contribution in [0.5, 0.6) is 0 Å². The molecule has 0 spiro atoms. The first kappa shape index (κ1) is 23.1. The van der Waals surface area contributed by atoms with Gasteiger partial charge in [0.1, 0.15) is 5.69 Å². The van der Waals surface area contributed by atoms with Gasteiger partial charge in [-0.3, -0.25) is 0 Å².